The van der Waals surface area contributed by atoms with Gasteiger partial charge in [0.05, 0.1) is 22.2 Å². The molecular formula is C21H23N3O3S. The Morgan fingerprint density at radius 3 is 2.57 bits per heavy atom. The second-order valence-electron chi connectivity index (χ2n) is 7.47. The quantitative estimate of drug-likeness (QED) is 0.695. The van der Waals surface area contributed by atoms with Gasteiger partial charge in [0.1, 0.15) is 4.83 Å². The molecule has 6 nitrogen and oxygen atoms in total. The molecule has 0 saturated heterocycles. The average Bonchev–Trinajstić information content (AvgIpc) is 3.24. The van der Waals surface area contributed by atoms with Crippen LogP contribution in [0.4, 0.5) is 0 Å². The van der Waals surface area contributed by atoms with E-state index in [1.807, 2.05) is 48.9 Å². The normalized spacial score (nSPS) is 19.6. The molecule has 4 rings (SSSR count). The van der Waals surface area contributed by atoms with Gasteiger partial charge in [-0.05, 0) is 57.2 Å². The molecule has 146 valence electrons. The number of para-hydroxylation sites is 1. The Morgan fingerprint density at radius 2 is 1.89 bits per heavy atom. The smallest absolute Gasteiger partial charge is 0.306 e. The minimum atomic E-state index is -0.731. The number of thiophene rings is 1. The molecule has 7 heteroatoms. The Balaban J connectivity index is 1.55. The van der Waals surface area contributed by atoms with Crippen LogP contribution >= 0.6 is 11.3 Å². The fraction of sp³-hybridized carbons (Fsp3) is 0.381. The number of benzene rings is 1. The molecule has 0 spiro atoms. The number of fused-ring (bicyclic) bond motifs is 1. The fourth-order valence-corrected chi connectivity index (χ4v) is 4.94. The molecule has 0 radical (unpaired) electrons. The van der Waals surface area contributed by atoms with Crippen molar-refractivity contribution in [1.29, 1.82) is 0 Å². The van der Waals surface area contributed by atoms with Gasteiger partial charge in [0, 0.05) is 11.4 Å². The molecule has 0 bridgehead atoms. The Bertz CT molecular complexity index is 1040. The number of aromatic nitrogens is 2. The van der Waals surface area contributed by atoms with Crippen molar-refractivity contribution in [3.63, 3.8) is 0 Å². The monoisotopic (exact) mass is 397 g/mol. The lowest BCUT2D eigenvalue weighted by Gasteiger charge is -2.26. The molecule has 1 saturated carbocycles. The number of carbonyl (C=O) groups is 2. The van der Waals surface area contributed by atoms with Crippen molar-refractivity contribution >= 4 is 33.4 Å². The number of hydrogen-bond acceptors (Lipinski definition) is 4. The van der Waals surface area contributed by atoms with Crippen molar-refractivity contribution in [1.82, 2.24) is 15.1 Å². The molecule has 1 amide bonds. The van der Waals surface area contributed by atoms with Crippen LogP contribution in [0, 0.1) is 19.8 Å². The van der Waals surface area contributed by atoms with Crippen LogP contribution in [0.5, 0.6) is 0 Å². The number of aryl methyl sites for hydroxylation is 2. The molecular weight excluding hydrogens is 374 g/mol. The molecule has 1 aliphatic carbocycles. The molecule has 0 aliphatic heterocycles. The zero-order valence-corrected chi connectivity index (χ0v) is 16.8. The lowest BCUT2D eigenvalue weighted by molar-refractivity contribution is -0.142. The van der Waals surface area contributed by atoms with Gasteiger partial charge in [-0.3, -0.25) is 9.59 Å². The number of hydrogen-bond donors (Lipinski definition) is 2. The van der Waals surface area contributed by atoms with Crippen molar-refractivity contribution in [2.75, 3.05) is 0 Å². The Labute approximate surface area is 167 Å². The lowest BCUT2D eigenvalue weighted by atomic mass is 9.86. The number of aliphatic carboxylic acids is 1. The van der Waals surface area contributed by atoms with E-state index < -0.39 is 5.97 Å². The highest BCUT2D eigenvalue weighted by molar-refractivity contribution is 7.20. The highest BCUT2D eigenvalue weighted by Gasteiger charge is 2.27. The molecule has 0 unspecified atom stereocenters. The summed E-state index contributed by atoms with van der Waals surface area (Å²) in [5.74, 6) is -1.10. The van der Waals surface area contributed by atoms with Crippen molar-refractivity contribution in [2.45, 2.75) is 45.6 Å². The lowest BCUT2D eigenvalue weighted by Crippen LogP contribution is -2.38. The minimum Gasteiger partial charge on any atom is -0.481 e. The molecule has 1 fully saturated rings. The molecule has 1 aromatic carbocycles. The maximum Gasteiger partial charge on any atom is 0.306 e. The molecule has 1 aliphatic rings. The Kier molecular flexibility index (Phi) is 4.93. The zero-order valence-electron chi connectivity index (χ0n) is 15.9. The summed E-state index contributed by atoms with van der Waals surface area (Å²) in [6.07, 6.45) is 2.66. The van der Waals surface area contributed by atoms with E-state index in [9.17, 15) is 9.59 Å². The van der Waals surface area contributed by atoms with Gasteiger partial charge >= 0.3 is 5.97 Å². The predicted octanol–water partition coefficient (Wildman–Crippen LogP) is 4.08. The van der Waals surface area contributed by atoms with Gasteiger partial charge in [-0.25, -0.2) is 4.68 Å². The van der Waals surface area contributed by atoms with Crippen LogP contribution in [0.2, 0.25) is 0 Å². The molecule has 28 heavy (non-hydrogen) atoms. The third kappa shape index (κ3) is 3.42. The largest absolute Gasteiger partial charge is 0.481 e. The zero-order chi connectivity index (χ0) is 19.8. The first-order chi connectivity index (χ1) is 13.4. The topological polar surface area (TPSA) is 84.2 Å². The van der Waals surface area contributed by atoms with E-state index in [2.05, 4.69) is 10.4 Å². The summed E-state index contributed by atoms with van der Waals surface area (Å²) in [6.45, 7) is 4.01. The van der Waals surface area contributed by atoms with Gasteiger partial charge in [0.25, 0.3) is 5.91 Å². The highest BCUT2D eigenvalue weighted by atomic mass is 32.1. The van der Waals surface area contributed by atoms with Crippen LogP contribution in [0.25, 0.3) is 15.9 Å². The summed E-state index contributed by atoms with van der Waals surface area (Å²) < 4.78 is 1.92. The van der Waals surface area contributed by atoms with E-state index >= 15 is 0 Å². The second kappa shape index (κ2) is 7.39. The van der Waals surface area contributed by atoms with Gasteiger partial charge in [-0.2, -0.15) is 5.10 Å². The fourth-order valence-electron chi connectivity index (χ4n) is 3.86. The van der Waals surface area contributed by atoms with Gasteiger partial charge in [0.2, 0.25) is 0 Å². The number of amides is 1. The van der Waals surface area contributed by atoms with Gasteiger partial charge in [0.15, 0.2) is 0 Å². The minimum absolute atomic E-state index is 0.0438. The first-order valence-corrected chi connectivity index (χ1v) is 10.3. The van der Waals surface area contributed by atoms with Gasteiger partial charge in [-0.15, -0.1) is 11.3 Å². The number of carbonyl (C=O) groups excluding carboxylic acids is 1. The van der Waals surface area contributed by atoms with Crippen LogP contribution in [0.15, 0.2) is 30.3 Å². The molecule has 2 aromatic heterocycles. The Hall–Kier alpha value is -2.67. The number of rotatable bonds is 4. The van der Waals surface area contributed by atoms with E-state index in [1.54, 1.807) is 0 Å². The van der Waals surface area contributed by atoms with Crippen LogP contribution in [-0.4, -0.2) is 32.8 Å². The highest BCUT2D eigenvalue weighted by Crippen LogP contribution is 2.32. The number of nitrogens with one attached hydrogen (secondary N) is 1. The Morgan fingerprint density at radius 1 is 1.18 bits per heavy atom. The van der Waals surface area contributed by atoms with Crippen LogP contribution in [0.3, 0.4) is 0 Å². The molecule has 0 atom stereocenters. The molecule has 2 heterocycles. The summed E-state index contributed by atoms with van der Waals surface area (Å²) in [4.78, 5) is 25.5. The summed E-state index contributed by atoms with van der Waals surface area (Å²) in [5.41, 5.74) is 3.04. The van der Waals surface area contributed by atoms with E-state index in [0.29, 0.717) is 30.6 Å². The molecule has 3 aromatic rings. The van der Waals surface area contributed by atoms with Crippen LogP contribution < -0.4 is 5.32 Å². The van der Waals surface area contributed by atoms with Crippen molar-refractivity contribution in [3.8, 4) is 5.69 Å². The van der Waals surface area contributed by atoms with Gasteiger partial charge in [-0.1, -0.05) is 18.2 Å². The number of nitrogens with zero attached hydrogens (tertiary/aromatic N) is 2. The standard InChI is InChI=1S/C21H23N3O3S/c1-12-5-3-4-6-17(12)24-20-16(13(2)23-24)11-18(28-20)19(25)22-15-9-7-14(8-10-15)21(26)27/h3-6,11,14-15H,7-10H2,1-2H3,(H,22,25)(H,26,27). The maximum absolute atomic E-state index is 12.8. The molecule has 2 N–H and O–H groups in total. The number of carboxylic acid groups (broad SMARTS) is 1. The average molecular weight is 398 g/mol. The summed E-state index contributed by atoms with van der Waals surface area (Å²) in [7, 11) is 0. The van der Waals surface area contributed by atoms with Crippen LogP contribution in [-0.2, 0) is 4.79 Å². The summed E-state index contributed by atoms with van der Waals surface area (Å²) in [6, 6.07) is 10.0. The van der Waals surface area contributed by atoms with E-state index in [-0.39, 0.29) is 17.9 Å². The summed E-state index contributed by atoms with van der Waals surface area (Å²) >= 11 is 1.44. The third-order valence-electron chi connectivity index (χ3n) is 5.52. The van der Waals surface area contributed by atoms with E-state index in [1.165, 1.54) is 11.3 Å². The van der Waals surface area contributed by atoms with E-state index in [0.717, 1.165) is 27.2 Å². The summed E-state index contributed by atoms with van der Waals surface area (Å²) in [5, 5.41) is 17.9. The van der Waals surface area contributed by atoms with Gasteiger partial charge < -0.3 is 10.4 Å². The van der Waals surface area contributed by atoms with Crippen LogP contribution in [0.1, 0.15) is 46.6 Å². The number of carboxylic acids is 1. The SMILES string of the molecule is Cc1ccccc1-n1nc(C)c2cc(C(=O)NC3CCC(C(=O)O)CC3)sc21. The second-order valence-corrected chi connectivity index (χ2v) is 8.50. The third-order valence-corrected chi connectivity index (χ3v) is 6.63. The first-order valence-electron chi connectivity index (χ1n) is 9.53. The van der Waals surface area contributed by atoms with Crippen molar-refractivity contribution in [3.05, 3.63) is 46.5 Å². The predicted molar refractivity (Wildman–Crippen MR) is 109 cm³/mol. The van der Waals surface area contributed by atoms with Crippen molar-refractivity contribution in [2.24, 2.45) is 5.92 Å². The first kappa shape index (κ1) is 18.7. The maximum atomic E-state index is 12.8. The van der Waals surface area contributed by atoms with Crippen molar-refractivity contribution < 1.29 is 14.7 Å². The van der Waals surface area contributed by atoms with E-state index in [4.69, 9.17) is 5.11 Å².